The Kier molecular flexibility index (Phi) is 5.32. The SMILES string of the molecule is O=C(c1ccc2ccccc2c1)N(CCc1cccs1)C1CCOCC1. The molecule has 0 atom stereocenters. The van der Waals surface area contributed by atoms with E-state index in [2.05, 4.69) is 34.5 Å². The number of benzene rings is 2. The van der Waals surface area contributed by atoms with E-state index in [1.165, 1.54) is 10.3 Å². The Morgan fingerprint density at radius 3 is 2.62 bits per heavy atom. The van der Waals surface area contributed by atoms with Crippen molar-refractivity contribution in [1.29, 1.82) is 0 Å². The zero-order valence-electron chi connectivity index (χ0n) is 14.8. The van der Waals surface area contributed by atoms with Gasteiger partial charge in [0.2, 0.25) is 0 Å². The predicted octanol–water partition coefficient (Wildman–Crippen LogP) is 4.77. The quantitative estimate of drug-likeness (QED) is 0.652. The Labute approximate surface area is 158 Å². The van der Waals surface area contributed by atoms with Gasteiger partial charge < -0.3 is 9.64 Å². The highest BCUT2D eigenvalue weighted by molar-refractivity contribution is 7.09. The monoisotopic (exact) mass is 365 g/mol. The molecule has 0 saturated carbocycles. The number of carbonyl (C=O) groups excluding carboxylic acids is 1. The molecule has 0 aliphatic carbocycles. The van der Waals surface area contributed by atoms with Crippen LogP contribution >= 0.6 is 11.3 Å². The van der Waals surface area contributed by atoms with Gasteiger partial charge in [-0.2, -0.15) is 0 Å². The van der Waals surface area contributed by atoms with Crippen LogP contribution in [0.25, 0.3) is 10.8 Å². The second kappa shape index (κ2) is 8.02. The van der Waals surface area contributed by atoms with Crippen LogP contribution < -0.4 is 0 Å². The molecule has 0 bridgehead atoms. The molecule has 0 spiro atoms. The van der Waals surface area contributed by atoms with E-state index in [0.717, 1.165) is 50.0 Å². The zero-order chi connectivity index (χ0) is 17.8. The molecule has 3 aromatic rings. The van der Waals surface area contributed by atoms with Crippen LogP contribution in [0.3, 0.4) is 0 Å². The van der Waals surface area contributed by atoms with Gasteiger partial charge >= 0.3 is 0 Å². The summed E-state index contributed by atoms with van der Waals surface area (Å²) in [6.07, 6.45) is 2.75. The molecule has 26 heavy (non-hydrogen) atoms. The van der Waals surface area contributed by atoms with Gasteiger partial charge in [0, 0.05) is 36.2 Å². The van der Waals surface area contributed by atoms with Crippen molar-refractivity contribution in [3.8, 4) is 0 Å². The maximum absolute atomic E-state index is 13.3. The smallest absolute Gasteiger partial charge is 0.254 e. The summed E-state index contributed by atoms with van der Waals surface area (Å²) in [7, 11) is 0. The first-order valence-corrected chi connectivity index (χ1v) is 10.1. The second-order valence-electron chi connectivity index (χ2n) is 6.73. The van der Waals surface area contributed by atoms with Crippen molar-refractivity contribution in [2.75, 3.05) is 19.8 Å². The number of ether oxygens (including phenoxy) is 1. The molecule has 0 N–H and O–H groups in total. The summed E-state index contributed by atoms with van der Waals surface area (Å²) in [6.45, 7) is 2.24. The van der Waals surface area contributed by atoms with Crippen molar-refractivity contribution in [3.63, 3.8) is 0 Å². The molecule has 1 aliphatic rings. The number of thiophene rings is 1. The molecule has 1 amide bonds. The first kappa shape index (κ1) is 17.3. The molecule has 4 heteroatoms. The minimum Gasteiger partial charge on any atom is -0.381 e. The zero-order valence-corrected chi connectivity index (χ0v) is 15.6. The van der Waals surface area contributed by atoms with E-state index < -0.39 is 0 Å². The third-order valence-corrected chi connectivity index (χ3v) is 6.00. The first-order valence-electron chi connectivity index (χ1n) is 9.21. The largest absolute Gasteiger partial charge is 0.381 e. The molecule has 2 heterocycles. The van der Waals surface area contributed by atoms with Gasteiger partial charge in [0.1, 0.15) is 0 Å². The van der Waals surface area contributed by atoms with E-state index in [0.29, 0.717) is 0 Å². The number of nitrogens with zero attached hydrogens (tertiary/aromatic N) is 1. The highest BCUT2D eigenvalue weighted by Gasteiger charge is 2.26. The van der Waals surface area contributed by atoms with Crippen molar-refractivity contribution >= 4 is 28.0 Å². The lowest BCUT2D eigenvalue weighted by Crippen LogP contribution is -2.44. The predicted molar refractivity (Wildman–Crippen MR) is 107 cm³/mol. The standard InChI is InChI=1S/C22H23NO2S/c24-22(19-8-7-17-4-1-2-5-18(17)16-19)23(20-10-13-25-14-11-20)12-9-21-6-3-15-26-21/h1-8,15-16,20H,9-14H2. The van der Waals surface area contributed by atoms with Crippen LogP contribution in [0.15, 0.2) is 60.0 Å². The number of rotatable bonds is 5. The fourth-order valence-corrected chi connectivity index (χ4v) is 4.32. The van der Waals surface area contributed by atoms with Crippen LogP contribution in [-0.4, -0.2) is 36.6 Å². The lowest BCUT2D eigenvalue weighted by atomic mass is 10.0. The average Bonchev–Trinajstić information content (AvgIpc) is 3.22. The van der Waals surface area contributed by atoms with Crippen LogP contribution in [0.5, 0.6) is 0 Å². The number of hydrogen-bond donors (Lipinski definition) is 0. The molecular weight excluding hydrogens is 342 g/mol. The highest BCUT2D eigenvalue weighted by atomic mass is 32.1. The Morgan fingerprint density at radius 1 is 1.04 bits per heavy atom. The summed E-state index contributed by atoms with van der Waals surface area (Å²) >= 11 is 1.76. The summed E-state index contributed by atoms with van der Waals surface area (Å²) in [5, 5.41) is 4.38. The van der Waals surface area contributed by atoms with Gasteiger partial charge in [0.05, 0.1) is 0 Å². The van der Waals surface area contributed by atoms with E-state index in [1.54, 1.807) is 11.3 Å². The Morgan fingerprint density at radius 2 is 1.85 bits per heavy atom. The van der Waals surface area contributed by atoms with Gasteiger partial charge in [-0.25, -0.2) is 0 Å². The van der Waals surface area contributed by atoms with Gasteiger partial charge in [-0.1, -0.05) is 36.4 Å². The normalized spacial score (nSPS) is 15.2. The van der Waals surface area contributed by atoms with Gasteiger partial charge in [-0.15, -0.1) is 11.3 Å². The molecule has 3 nitrogen and oxygen atoms in total. The van der Waals surface area contributed by atoms with Crippen molar-refractivity contribution < 1.29 is 9.53 Å². The number of fused-ring (bicyclic) bond motifs is 1. The Hall–Kier alpha value is -2.17. The van der Waals surface area contributed by atoms with Crippen molar-refractivity contribution in [1.82, 2.24) is 4.90 Å². The van der Waals surface area contributed by atoms with Crippen molar-refractivity contribution in [2.24, 2.45) is 0 Å². The molecule has 134 valence electrons. The third-order valence-electron chi connectivity index (χ3n) is 5.07. The van der Waals surface area contributed by atoms with Crippen molar-refractivity contribution in [2.45, 2.75) is 25.3 Å². The lowest BCUT2D eigenvalue weighted by Gasteiger charge is -2.34. The number of amides is 1. The van der Waals surface area contributed by atoms with Crippen LogP contribution in [0, 0.1) is 0 Å². The minimum absolute atomic E-state index is 0.138. The maximum Gasteiger partial charge on any atom is 0.254 e. The van der Waals surface area contributed by atoms with Gasteiger partial charge in [-0.3, -0.25) is 4.79 Å². The summed E-state index contributed by atoms with van der Waals surface area (Å²) in [4.78, 5) is 16.7. The summed E-state index contributed by atoms with van der Waals surface area (Å²) in [5.74, 6) is 0.138. The van der Waals surface area contributed by atoms with Crippen LogP contribution in [0.2, 0.25) is 0 Å². The molecule has 2 aromatic carbocycles. The van der Waals surface area contributed by atoms with E-state index in [4.69, 9.17) is 4.74 Å². The van der Waals surface area contributed by atoms with E-state index in [9.17, 15) is 4.79 Å². The topological polar surface area (TPSA) is 29.5 Å². The number of hydrogen-bond acceptors (Lipinski definition) is 3. The second-order valence-corrected chi connectivity index (χ2v) is 7.77. The molecule has 0 radical (unpaired) electrons. The van der Waals surface area contributed by atoms with Crippen LogP contribution in [-0.2, 0) is 11.2 Å². The van der Waals surface area contributed by atoms with Gasteiger partial charge in [0.15, 0.2) is 0 Å². The fourth-order valence-electron chi connectivity index (χ4n) is 3.62. The summed E-state index contributed by atoms with van der Waals surface area (Å²) in [5.41, 5.74) is 0.779. The molecule has 1 aromatic heterocycles. The summed E-state index contributed by atoms with van der Waals surface area (Å²) in [6, 6.07) is 18.7. The maximum atomic E-state index is 13.3. The molecule has 4 rings (SSSR count). The Balaban J connectivity index is 1.58. The van der Waals surface area contributed by atoms with E-state index in [-0.39, 0.29) is 11.9 Å². The first-order chi connectivity index (χ1) is 12.8. The highest BCUT2D eigenvalue weighted by Crippen LogP contribution is 2.22. The lowest BCUT2D eigenvalue weighted by molar-refractivity contribution is 0.0294. The number of carbonyl (C=O) groups is 1. The molecule has 1 aliphatic heterocycles. The molecule has 1 saturated heterocycles. The minimum atomic E-state index is 0.138. The van der Waals surface area contributed by atoms with E-state index in [1.807, 2.05) is 30.3 Å². The van der Waals surface area contributed by atoms with Crippen LogP contribution in [0.1, 0.15) is 28.1 Å². The van der Waals surface area contributed by atoms with Crippen LogP contribution in [0.4, 0.5) is 0 Å². The van der Waals surface area contributed by atoms with E-state index >= 15 is 0 Å². The fraction of sp³-hybridized carbons (Fsp3) is 0.318. The molecule has 1 fully saturated rings. The van der Waals surface area contributed by atoms with Gasteiger partial charge in [-0.05, 0) is 53.6 Å². The van der Waals surface area contributed by atoms with Gasteiger partial charge in [0.25, 0.3) is 5.91 Å². The molecule has 0 unspecified atom stereocenters. The average molecular weight is 365 g/mol. The van der Waals surface area contributed by atoms with Crippen molar-refractivity contribution in [3.05, 3.63) is 70.4 Å². The Bertz CT molecular complexity index is 869. The summed E-state index contributed by atoms with van der Waals surface area (Å²) < 4.78 is 5.51. The molecular formula is C22H23NO2S. The third kappa shape index (κ3) is 3.81.